The molecule has 1 aromatic carbocycles. The Labute approximate surface area is 198 Å². The molecule has 0 bridgehead atoms. The number of nitrogens with one attached hydrogen (secondary N) is 2. The van der Waals surface area contributed by atoms with E-state index in [2.05, 4.69) is 20.7 Å². The van der Waals surface area contributed by atoms with Gasteiger partial charge in [-0.3, -0.25) is 14.3 Å². The Kier molecular flexibility index (Phi) is 8.57. The predicted octanol–water partition coefficient (Wildman–Crippen LogP) is 2.44. The first-order valence-electron chi connectivity index (χ1n) is 10.8. The van der Waals surface area contributed by atoms with Crippen molar-refractivity contribution < 1.29 is 14.3 Å². The van der Waals surface area contributed by atoms with Gasteiger partial charge in [-0.25, -0.2) is 4.98 Å². The molecule has 10 nitrogen and oxygen atoms in total. The zero-order chi connectivity index (χ0) is 24.3. The Balaban J connectivity index is 1.38. The summed E-state index contributed by atoms with van der Waals surface area (Å²) in [4.78, 5) is 30.3. The lowest BCUT2D eigenvalue weighted by Crippen LogP contribution is -2.33. The Morgan fingerprint density at radius 2 is 2.03 bits per heavy atom. The van der Waals surface area contributed by atoms with Gasteiger partial charge in [-0.15, -0.1) is 0 Å². The van der Waals surface area contributed by atoms with Crippen LogP contribution >= 0.6 is 0 Å². The molecule has 0 aliphatic carbocycles. The van der Waals surface area contributed by atoms with Crippen molar-refractivity contribution in [1.29, 1.82) is 5.26 Å². The van der Waals surface area contributed by atoms with E-state index in [1.807, 2.05) is 37.3 Å². The van der Waals surface area contributed by atoms with E-state index in [1.165, 1.54) is 10.9 Å². The minimum atomic E-state index is -0.224. The van der Waals surface area contributed by atoms with Gasteiger partial charge in [0.15, 0.2) is 0 Å². The monoisotopic (exact) mass is 461 g/mol. The van der Waals surface area contributed by atoms with Gasteiger partial charge in [0, 0.05) is 32.4 Å². The topological polar surface area (TPSA) is 125 Å². The Morgan fingerprint density at radius 3 is 2.79 bits per heavy atom. The van der Waals surface area contributed by atoms with E-state index in [-0.39, 0.29) is 24.8 Å². The number of hydrogen-bond acceptors (Lipinski definition) is 7. The number of benzene rings is 1. The van der Waals surface area contributed by atoms with Crippen molar-refractivity contribution in [2.45, 2.75) is 19.9 Å². The van der Waals surface area contributed by atoms with Crippen LogP contribution in [-0.4, -0.2) is 58.2 Å². The molecule has 2 amide bonds. The lowest BCUT2D eigenvalue weighted by Gasteiger charge is -2.17. The number of likely N-dealkylation sites (N-methyl/N-ethyl adjacent to an activating group) is 1. The number of amides is 2. The third-order valence-corrected chi connectivity index (χ3v) is 4.93. The molecule has 34 heavy (non-hydrogen) atoms. The smallest absolute Gasteiger partial charge is 0.244 e. The summed E-state index contributed by atoms with van der Waals surface area (Å²) in [6.07, 6.45) is 4.85. The van der Waals surface area contributed by atoms with Crippen LogP contribution in [0.3, 0.4) is 0 Å². The van der Waals surface area contributed by atoms with Gasteiger partial charge in [-0.05, 0) is 31.2 Å². The number of pyridine rings is 1. The quantitative estimate of drug-likeness (QED) is 0.449. The summed E-state index contributed by atoms with van der Waals surface area (Å²) >= 11 is 0. The summed E-state index contributed by atoms with van der Waals surface area (Å²) in [7, 11) is 1.71. The molecule has 2 N–H and O–H groups in total. The van der Waals surface area contributed by atoms with E-state index >= 15 is 0 Å². The van der Waals surface area contributed by atoms with E-state index in [4.69, 9.17) is 10.00 Å². The fourth-order valence-corrected chi connectivity index (χ4v) is 2.99. The molecule has 2 heterocycles. The van der Waals surface area contributed by atoms with E-state index in [9.17, 15) is 9.59 Å². The molecule has 2 aromatic heterocycles. The first kappa shape index (κ1) is 24.3. The summed E-state index contributed by atoms with van der Waals surface area (Å²) < 4.78 is 7.14. The maximum absolute atomic E-state index is 12.4. The van der Waals surface area contributed by atoms with Crippen molar-refractivity contribution in [3.8, 4) is 11.8 Å². The van der Waals surface area contributed by atoms with Crippen molar-refractivity contribution in [1.82, 2.24) is 19.7 Å². The molecule has 0 aliphatic rings. The van der Waals surface area contributed by atoms with Crippen LogP contribution in [0.4, 0.5) is 11.5 Å². The molecular weight excluding hydrogens is 434 g/mol. The molecule has 0 saturated heterocycles. The van der Waals surface area contributed by atoms with Gasteiger partial charge in [0.05, 0.1) is 24.0 Å². The maximum atomic E-state index is 12.4. The molecule has 0 radical (unpaired) electrons. The SMILES string of the molecule is Cc1ccc(OCCN(C)C(=O)Cn2cc(NC(=O)CCNc3ncccc3C#N)cn2)cc1. The highest BCUT2D eigenvalue weighted by atomic mass is 16.5. The van der Waals surface area contributed by atoms with Crippen LogP contribution in [0.25, 0.3) is 0 Å². The van der Waals surface area contributed by atoms with Gasteiger partial charge in [0.1, 0.15) is 30.8 Å². The number of nitrogens with zero attached hydrogens (tertiary/aromatic N) is 5. The molecule has 0 aliphatic heterocycles. The minimum Gasteiger partial charge on any atom is -0.492 e. The van der Waals surface area contributed by atoms with Crippen molar-refractivity contribution in [3.63, 3.8) is 0 Å². The molecule has 3 rings (SSSR count). The van der Waals surface area contributed by atoms with Crippen LogP contribution in [0.1, 0.15) is 17.5 Å². The average molecular weight is 462 g/mol. The van der Waals surface area contributed by atoms with E-state index in [0.717, 1.165) is 11.3 Å². The number of ether oxygens (including phenoxy) is 1. The summed E-state index contributed by atoms with van der Waals surface area (Å²) in [5.41, 5.74) is 2.07. The number of carbonyl (C=O) groups excluding carboxylic acids is 2. The summed E-state index contributed by atoms with van der Waals surface area (Å²) in [6, 6.07) is 13.1. The van der Waals surface area contributed by atoms with Crippen molar-refractivity contribution >= 4 is 23.3 Å². The molecule has 0 unspecified atom stereocenters. The Bertz CT molecular complexity index is 1150. The molecule has 176 valence electrons. The molecule has 0 atom stereocenters. The maximum Gasteiger partial charge on any atom is 0.244 e. The Morgan fingerprint density at radius 1 is 1.24 bits per heavy atom. The highest BCUT2D eigenvalue weighted by Gasteiger charge is 2.12. The summed E-state index contributed by atoms with van der Waals surface area (Å²) in [6.45, 7) is 3.20. The number of aryl methyl sites for hydroxylation is 1. The normalized spacial score (nSPS) is 10.3. The van der Waals surface area contributed by atoms with Crippen LogP contribution < -0.4 is 15.4 Å². The molecule has 0 fully saturated rings. The number of nitriles is 1. The summed E-state index contributed by atoms with van der Waals surface area (Å²) in [5, 5.41) is 18.9. The predicted molar refractivity (Wildman–Crippen MR) is 127 cm³/mol. The van der Waals surface area contributed by atoms with Gasteiger partial charge in [0.2, 0.25) is 11.8 Å². The second kappa shape index (κ2) is 12.0. The number of hydrogen-bond donors (Lipinski definition) is 2. The van der Waals surface area contributed by atoms with Crippen LogP contribution in [-0.2, 0) is 16.1 Å². The van der Waals surface area contributed by atoms with E-state index < -0.39 is 0 Å². The van der Waals surface area contributed by atoms with E-state index in [1.54, 1.807) is 36.5 Å². The van der Waals surface area contributed by atoms with Crippen molar-refractivity contribution in [3.05, 3.63) is 66.1 Å². The first-order chi connectivity index (χ1) is 16.4. The molecule has 0 spiro atoms. The fraction of sp³-hybridized carbons (Fsp3) is 0.292. The van der Waals surface area contributed by atoms with E-state index in [0.29, 0.717) is 36.8 Å². The number of aromatic nitrogens is 3. The second-order valence-corrected chi connectivity index (χ2v) is 7.64. The van der Waals surface area contributed by atoms with Crippen LogP contribution in [0.5, 0.6) is 5.75 Å². The van der Waals surface area contributed by atoms with Crippen molar-refractivity contribution in [2.24, 2.45) is 0 Å². The van der Waals surface area contributed by atoms with Crippen LogP contribution in [0.15, 0.2) is 55.0 Å². The zero-order valence-electron chi connectivity index (χ0n) is 19.2. The van der Waals surface area contributed by atoms with Gasteiger partial charge in [-0.2, -0.15) is 10.4 Å². The lowest BCUT2D eigenvalue weighted by atomic mass is 10.2. The van der Waals surface area contributed by atoms with Gasteiger partial charge >= 0.3 is 0 Å². The third-order valence-electron chi connectivity index (χ3n) is 4.93. The molecule has 0 saturated carbocycles. The van der Waals surface area contributed by atoms with Crippen LogP contribution in [0.2, 0.25) is 0 Å². The molecule has 10 heteroatoms. The molecule has 3 aromatic rings. The van der Waals surface area contributed by atoms with Gasteiger partial charge in [-0.1, -0.05) is 17.7 Å². The largest absolute Gasteiger partial charge is 0.492 e. The van der Waals surface area contributed by atoms with Crippen LogP contribution in [0, 0.1) is 18.3 Å². The number of anilines is 2. The fourth-order valence-electron chi connectivity index (χ4n) is 2.99. The van der Waals surface area contributed by atoms with Gasteiger partial charge < -0.3 is 20.3 Å². The third kappa shape index (κ3) is 7.34. The minimum absolute atomic E-state index is 0.0507. The molecular formula is C24H27N7O3. The highest BCUT2D eigenvalue weighted by molar-refractivity contribution is 5.90. The first-order valence-corrected chi connectivity index (χ1v) is 10.8. The van der Waals surface area contributed by atoms with Crippen molar-refractivity contribution in [2.75, 3.05) is 37.4 Å². The summed E-state index contributed by atoms with van der Waals surface area (Å²) in [5.74, 6) is 0.858. The average Bonchev–Trinajstić information content (AvgIpc) is 3.27. The number of rotatable bonds is 11. The Hall–Kier alpha value is -4.39. The lowest BCUT2D eigenvalue weighted by molar-refractivity contribution is -0.131. The number of carbonyl (C=O) groups is 2. The van der Waals surface area contributed by atoms with Gasteiger partial charge in [0.25, 0.3) is 0 Å². The second-order valence-electron chi connectivity index (χ2n) is 7.64. The highest BCUT2D eigenvalue weighted by Crippen LogP contribution is 2.12. The zero-order valence-corrected chi connectivity index (χ0v) is 19.2. The standard InChI is InChI=1S/C24H27N7O3/c1-18-5-7-21(8-6-18)34-13-12-30(2)23(33)17-31-16-20(15-28-31)29-22(32)9-11-27-24-19(14-25)4-3-10-26-24/h3-8,10,15-16H,9,11-13,17H2,1-2H3,(H,26,27)(H,29,32).